The molecule has 2 N–H and O–H groups in total. The first-order valence-electron chi connectivity index (χ1n) is 4.64. The van der Waals surface area contributed by atoms with Crippen LogP contribution in [0, 0.1) is 11.8 Å². The van der Waals surface area contributed by atoms with Crippen LogP contribution in [0.5, 0.6) is 0 Å². The van der Waals surface area contributed by atoms with Gasteiger partial charge in [-0.25, -0.2) is 0 Å². The molecule has 0 spiro atoms. The van der Waals surface area contributed by atoms with Crippen molar-refractivity contribution in [3.8, 4) is 11.8 Å². The fourth-order valence-corrected chi connectivity index (χ4v) is 1.12. The molecular formula is C12H12N2O2. The molecule has 0 aliphatic heterocycles. The number of hydrogen-bond donors (Lipinski definition) is 1. The van der Waals surface area contributed by atoms with E-state index in [4.69, 9.17) is 5.73 Å². The largest absolute Gasteiger partial charge is 0.359 e. The lowest BCUT2D eigenvalue weighted by Gasteiger charge is -2.09. The van der Waals surface area contributed by atoms with Gasteiger partial charge in [-0.1, -0.05) is 12.0 Å². The number of hydrogen-bond acceptors (Lipinski definition) is 2. The van der Waals surface area contributed by atoms with Gasteiger partial charge in [0.25, 0.3) is 11.8 Å². The van der Waals surface area contributed by atoms with Crippen LogP contribution in [0.25, 0.3) is 0 Å². The molecule has 4 heteroatoms. The Labute approximate surface area is 94.0 Å². The lowest BCUT2D eigenvalue weighted by molar-refractivity contribution is -0.112. The normalized spacial score (nSPS) is 8.88. The Kier molecular flexibility index (Phi) is 3.67. The zero-order valence-corrected chi connectivity index (χ0v) is 9.15. The Morgan fingerprint density at radius 2 is 2.00 bits per heavy atom. The third-order valence-electron chi connectivity index (χ3n) is 1.85. The van der Waals surface area contributed by atoms with Gasteiger partial charge in [0.05, 0.1) is 0 Å². The highest BCUT2D eigenvalue weighted by atomic mass is 16.2. The van der Waals surface area contributed by atoms with Gasteiger partial charge < -0.3 is 10.6 Å². The standard InChI is InChI=1S/C12H12N2O2/c1-14(2)12(16)10-5-3-4-9(8-10)6-7-11(13)15/h3-5,8H,1-2H3,(H2,13,15). The van der Waals surface area contributed by atoms with Crippen LogP contribution < -0.4 is 5.73 Å². The van der Waals surface area contributed by atoms with E-state index in [0.717, 1.165) is 0 Å². The number of carbonyl (C=O) groups is 2. The van der Waals surface area contributed by atoms with Crippen LogP contribution in [-0.4, -0.2) is 30.8 Å². The first-order chi connectivity index (χ1) is 7.50. The number of benzene rings is 1. The zero-order valence-electron chi connectivity index (χ0n) is 9.15. The van der Waals surface area contributed by atoms with Gasteiger partial charge in [-0.15, -0.1) is 0 Å². The Morgan fingerprint density at radius 1 is 1.31 bits per heavy atom. The van der Waals surface area contributed by atoms with E-state index in [2.05, 4.69) is 11.8 Å². The number of amides is 2. The number of primary amides is 1. The molecule has 1 aromatic carbocycles. The van der Waals surface area contributed by atoms with Gasteiger partial charge in [-0.05, 0) is 24.1 Å². The van der Waals surface area contributed by atoms with Crippen LogP contribution in [0.2, 0.25) is 0 Å². The second-order valence-corrected chi connectivity index (χ2v) is 3.39. The summed E-state index contributed by atoms with van der Waals surface area (Å²) in [4.78, 5) is 23.6. The molecule has 0 radical (unpaired) electrons. The molecule has 0 bridgehead atoms. The first kappa shape index (κ1) is 11.8. The molecule has 0 aromatic heterocycles. The van der Waals surface area contributed by atoms with Crippen LogP contribution in [0.3, 0.4) is 0 Å². The van der Waals surface area contributed by atoms with Crippen LogP contribution in [0.4, 0.5) is 0 Å². The second-order valence-electron chi connectivity index (χ2n) is 3.39. The van der Waals surface area contributed by atoms with Crippen molar-refractivity contribution >= 4 is 11.8 Å². The smallest absolute Gasteiger partial charge is 0.293 e. The van der Waals surface area contributed by atoms with Crippen LogP contribution in [0.1, 0.15) is 15.9 Å². The SMILES string of the molecule is CN(C)C(=O)c1cccc(C#CC(N)=O)c1. The maximum atomic E-state index is 11.6. The summed E-state index contributed by atoms with van der Waals surface area (Å²) >= 11 is 0. The van der Waals surface area contributed by atoms with Crippen molar-refractivity contribution in [3.05, 3.63) is 35.4 Å². The minimum Gasteiger partial charge on any atom is -0.359 e. The molecule has 0 aliphatic rings. The van der Waals surface area contributed by atoms with Crippen LogP contribution in [-0.2, 0) is 4.79 Å². The molecule has 0 heterocycles. The average molecular weight is 216 g/mol. The molecule has 0 unspecified atom stereocenters. The van der Waals surface area contributed by atoms with E-state index in [9.17, 15) is 9.59 Å². The fourth-order valence-electron chi connectivity index (χ4n) is 1.12. The van der Waals surface area contributed by atoms with Crippen molar-refractivity contribution in [2.24, 2.45) is 5.73 Å². The summed E-state index contributed by atoms with van der Waals surface area (Å²) in [6.45, 7) is 0. The van der Waals surface area contributed by atoms with E-state index in [0.29, 0.717) is 11.1 Å². The molecule has 1 aromatic rings. The lowest BCUT2D eigenvalue weighted by atomic mass is 10.1. The van der Waals surface area contributed by atoms with E-state index in [1.165, 1.54) is 4.90 Å². The topological polar surface area (TPSA) is 63.4 Å². The van der Waals surface area contributed by atoms with Gasteiger partial charge in [-0.3, -0.25) is 9.59 Å². The third kappa shape index (κ3) is 3.14. The molecule has 82 valence electrons. The summed E-state index contributed by atoms with van der Waals surface area (Å²) in [5, 5.41) is 0. The Balaban J connectivity index is 3.01. The minimum absolute atomic E-state index is 0.109. The van der Waals surface area contributed by atoms with Crippen molar-refractivity contribution in [3.63, 3.8) is 0 Å². The van der Waals surface area contributed by atoms with Gasteiger partial charge in [0.15, 0.2) is 0 Å². The predicted octanol–water partition coefficient (Wildman–Crippen LogP) is 0.225. The van der Waals surface area contributed by atoms with Crippen molar-refractivity contribution in [1.29, 1.82) is 0 Å². The molecule has 2 amide bonds. The van der Waals surface area contributed by atoms with Gasteiger partial charge in [-0.2, -0.15) is 0 Å². The lowest BCUT2D eigenvalue weighted by Crippen LogP contribution is -2.21. The molecule has 0 aliphatic carbocycles. The molecule has 4 nitrogen and oxygen atoms in total. The van der Waals surface area contributed by atoms with Gasteiger partial charge in [0.1, 0.15) is 0 Å². The summed E-state index contributed by atoms with van der Waals surface area (Å²) in [5.41, 5.74) is 6.02. The quantitative estimate of drug-likeness (QED) is 0.683. The van der Waals surface area contributed by atoms with Crippen molar-refractivity contribution in [1.82, 2.24) is 4.90 Å². The van der Waals surface area contributed by atoms with Crippen molar-refractivity contribution in [2.75, 3.05) is 14.1 Å². The molecule has 0 saturated carbocycles. The fraction of sp³-hybridized carbons (Fsp3) is 0.167. The summed E-state index contributed by atoms with van der Waals surface area (Å²) in [6, 6.07) is 6.74. The Bertz CT molecular complexity index is 481. The maximum Gasteiger partial charge on any atom is 0.293 e. The monoisotopic (exact) mass is 216 g/mol. The Morgan fingerprint density at radius 3 is 2.56 bits per heavy atom. The third-order valence-corrected chi connectivity index (χ3v) is 1.85. The van der Waals surface area contributed by atoms with Crippen LogP contribution >= 0.6 is 0 Å². The molecule has 16 heavy (non-hydrogen) atoms. The molecular weight excluding hydrogens is 204 g/mol. The number of rotatable bonds is 1. The predicted molar refractivity (Wildman–Crippen MR) is 60.5 cm³/mol. The van der Waals surface area contributed by atoms with Gasteiger partial charge >= 0.3 is 0 Å². The van der Waals surface area contributed by atoms with Crippen molar-refractivity contribution < 1.29 is 9.59 Å². The summed E-state index contributed by atoms with van der Waals surface area (Å²) in [7, 11) is 3.34. The second kappa shape index (κ2) is 4.99. The van der Waals surface area contributed by atoms with E-state index in [-0.39, 0.29) is 5.91 Å². The van der Waals surface area contributed by atoms with Gasteiger partial charge in [0.2, 0.25) is 0 Å². The molecule has 1 rings (SSSR count). The first-order valence-corrected chi connectivity index (χ1v) is 4.64. The molecule has 0 fully saturated rings. The Hall–Kier alpha value is -2.28. The molecule has 0 atom stereocenters. The zero-order chi connectivity index (χ0) is 12.1. The van der Waals surface area contributed by atoms with Crippen molar-refractivity contribution in [2.45, 2.75) is 0 Å². The maximum absolute atomic E-state index is 11.6. The summed E-state index contributed by atoms with van der Waals surface area (Å²) in [5.74, 6) is 4.01. The summed E-state index contributed by atoms with van der Waals surface area (Å²) < 4.78 is 0. The van der Waals surface area contributed by atoms with Crippen LogP contribution in [0.15, 0.2) is 24.3 Å². The van der Waals surface area contributed by atoms with E-state index < -0.39 is 5.91 Å². The number of nitrogens with two attached hydrogens (primary N) is 1. The van der Waals surface area contributed by atoms with Gasteiger partial charge in [0, 0.05) is 25.2 Å². The minimum atomic E-state index is -0.690. The number of nitrogens with zero attached hydrogens (tertiary/aromatic N) is 1. The highest BCUT2D eigenvalue weighted by Gasteiger charge is 2.07. The highest BCUT2D eigenvalue weighted by molar-refractivity contribution is 5.95. The van der Waals surface area contributed by atoms with E-state index in [1.807, 2.05) is 0 Å². The number of carbonyl (C=O) groups excluding carboxylic acids is 2. The highest BCUT2D eigenvalue weighted by Crippen LogP contribution is 2.06. The van der Waals surface area contributed by atoms with E-state index >= 15 is 0 Å². The van der Waals surface area contributed by atoms with E-state index in [1.54, 1.807) is 38.4 Å². The molecule has 0 saturated heterocycles. The summed E-state index contributed by atoms with van der Waals surface area (Å²) in [6.07, 6.45) is 0. The average Bonchev–Trinajstić information content (AvgIpc) is 2.25.